The third-order valence-electron chi connectivity index (χ3n) is 4.96. The Bertz CT molecular complexity index is 764. The molecule has 0 radical (unpaired) electrons. The van der Waals surface area contributed by atoms with Gasteiger partial charge in [0.1, 0.15) is 0 Å². The monoisotopic (exact) mass is 339 g/mol. The van der Waals surface area contributed by atoms with Crippen LogP contribution in [0.4, 0.5) is 5.69 Å². The fourth-order valence-corrected chi connectivity index (χ4v) is 3.55. The number of fused-ring (bicyclic) bond motifs is 1. The molecule has 0 saturated carbocycles. The molecule has 1 aromatic heterocycles. The summed E-state index contributed by atoms with van der Waals surface area (Å²) in [5, 5.41) is 0. The topological polar surface area (TPSA) is 57.0 Å². The van der Waals surface area contributed by atoms with Gasteiger partial charge in [-0.1, -0.05) is 18.2 Å². The summed E-state index contributed by atoms with van der Waals surface area (Å²) >= 11 is 0. The van der Waals surface area contributed by atoms with E-state index in [0.717, 1.165) is 13.0 Å². The number of amides is 2. The molecule has 130 valence electrons. The Kier molecular flexibility index (Phi) is 4.17. The lowest BCUT2D eigenvalue weighted by Crippen LogP contribution is -2.52. The quantitative estimate of drug-likeness (QED) is 0.853. The predicted molar refractivity (Wildman–Crippen MR) is 93.6 cm³/mol. The van der Waals surface area contributed by atoms with Gasteiger partial charge in [-0.05, 0) is 30.2 Å². The summed E-state index contributed by atoms with van der Waals surface area (Å²) in [5.41, 5.74) is 2.48. The van der Waals surface area contributed by atoms with Crippen molar-refractivity contribution >= 4 is 17.5 Å². The number of rotatable bonds is 3. The van der Waals surface area contributed by atoms with Gasteiger partial charge in [0.05, 0.1) is 12.8 Å². The second-order valence-electron chi connectivity index (χ2n) is 6.45. The van der Waals surface area contributed by atoms with Gasteiger partial charge in [-0.15, -0.1) is 0 Å². The molecule has 6 nitrogen and oxygen atoms in total. The lowest BCUT2D eigenvalue weighted by atomic mass is 10.2. The minimum absolute atomic E-state index is 0.106. The van der Waals surface area contributed by atoms with Crippen LogP contribution in [-0.2, 0) is 11.2 Å². The Morgan fingerprint density at radius 3 is 2.44 bits per heavy atom. The molecule has 0 bridgehead atoms. The highest BCUT2D eigenvalue weighted by Crippen LogP contribution is 2.27. The second kappa shape index (κ2) is 6.63. The third-order valence-corrected chi connectivity index (χ3v) is 4.96. The van der Waals surface area contributed by atoms with Crippen LogP contribution in [0.1, 0.15) is 16.1 Å². The van der Waals surface area contributed by atoms with Gasteiger partial charge in [0.2, 0.25) is 5.91 Å². The molecule has 2 amide bonds. The number of nitrogens with zero attached hydrogens (tertiary/aromatic N) is 3. The number of benzene rings is 1. The van der Waals surface area contributed by atoms with Crippen molar-refractivity contribution < 1.29 is 14.0 Å². The fraction of sp³-hybridized carbons (Fsp3) is 0.368. The average molecular weight is 339 g/mol. The summed E-state index contributed by atoms with van der Waals surface area (Å²) in [6.45, 7) is 3.52. The molecule has 1 aromatic carbocycles. The molecular weight excluding hydrogens is 318 g/mol. The first-order chi connectivity index (χ1) is 12.2. The van der Waals surface area contributed by atoms with Crippen LogP contribution in [-0.4, -0.2) is 60.9 Å². The van der Waals surface area contributed by atoms with Crippen LogP contribution in [0, 0.1) is 0 Å². The number of furan rings is 1. The standard InChI is InChI=1S/C19H21N3O3/c23-18(14-22-8-7-15-4-1-2-5-16(15)22)20-9-11-21(12-10-20)19(24)17-6-3-13-25-17/h1-6,13H,7-12,14H2. The zero-order valence-corrected chi connectivity index (χ0v) is 14.1. The van der Waals surface area contributed by atoms with Crippen molar-refractivity contribution in [1.82, 2.24) is 9.80 Å². The summed E-state index contributed by atoms with van der Waals surface area (Å²) < 4.78 is 5.17. The van der Waals surface area contributed by atoms with E-state index in [1.165, 1.54) is 17.5 Å². The highest BCUT2D eigenvalue weighted by molar-refractivity contribution is 5.91. The van der Waals surface area contributed by atoms with Crippen molar-refractivity contribution in [3.8, 4) is 0 Å². The number of carbonyl (C=O) groups is 2. The normalized spacial score (nSPS) is 16.9. The van der Waals surface area contributed by atoms with Gasteiger partial charge in [-0.25, -0.2) is 0 Å². The average Bonchev–Trinajstić information content (AvgIpc) is 3.32. The van der Waals surface area contributed by atoms with Crippen molar-refractivity contribution in [2.75, 3.05) is 44.2 Å². The summed E-state index contributed by atoms with van der Waals surface area (Å²) in [7, 11) is 0. The van der Waals surface area contributed by atoms with Crippen LogP contribution in [0.2, 0.25) is 0 Å². The fourth-order valence-electron chi connectivity index (χ4n) is 3.55. The molecule has 2 aliphatic rings. The van der Waals surface area contributed by atoms with E-state index >= 15 is 0 Å². The SMILES string of the molecule is O=C(CN1CCc2ccccc21)N1CCN(C(=O)c2ccco2)CC1. The van der Waals surface area contributed by atoms with E-state index in [1.807, 2.05) is 17.0 Å². The molecule has 2 aliphatic heterocycles. The molecule has 1 fully saturated rings. The van der Waals surface area contributed by atoms with Gasteiger partial charge < -0.3 is 19.1 Å². The van der Waals surface area contributed by atoms with Crippen LogP contribution in [0.15, 0.2) is 47.1 Å². The minimum atomic E-state index is -0.106. The maximum Gasteiger partial charge on any atom is 0.289 e. The number of para-hydroxylation sites is 1. The zero-order chi connectivity index (χ0) is 17.2. The molecule has 0 aliphatic carbocycles. The molecule has 4 rings (SSSR count). The van der Waals surface area contributed by atoms with Gasteiger partial charge in [0.25, 0.3) is 5.91 Å². The summed E-state index contributed by atoms with van der Waals surface area (Å²) in [4.78, 5) is 30.7. The molecule has 25 heavy (non-hydrogen) atoms. The van der Waals surface area contributed by atoms with E-state index in [9.17, 15) is 9.59 Å². The van der Waals surface area contributed by atoms with Crippen molar-refractivity contribution in [2.45, 2.75) is 6.42 Å². The van der Waals surface area contributed by atoms with E-state index in [2.05, 4.69) is 17.0 Å². The first-order valence-electron chi connectivity index (χ1n) is 8.66. The largest absolute Gasteiger partial charge is 0.459 e. The highest BCUT2D eigenvalue weighted by Gasteiger charge is 2.28. The van der Waals surface area contributed by atoms with Crippen LogP contribution in [0.5, 0.6) is 0 Å². The molecule has 1 saturated heterocycles. The molecule has 6 heteroatoms. The Morgan fingerprint density at radius 2 is 1.68 bits per heavy atom. The second-order valence-corrected chi connectivity index (χ2v) is 6.45. The van der Waals surface area contributed by atoms with E-state index in [0.29, 0.717) is 38.5 Å². The van der Waals surface area contributed by atoms with Crippen LogP contribution in [0.3, 0.4) is 0 Å². The van der Waals surface area contributed by atoms with E-state index in [4.69, 9.17) is 4.42 Å². The lowest BCUT2D eigenvalue weighted by molar-refractivity contribution is -0.131. The van der Waals surface area contributed by atoms with Crippen molar-refractivity contribution in [3.63, 3.8) is 0 Å². The molecule has 0 atom stereocenters. The number of piperazine rings is 1. The van der Waals surface area contributed by atoms with Gasteiger partial charge >= 0.3 is 0 Å². The van der Waals surface area contributed by atoms with Crippen LogP contribution < -0.4 is 4.90 Å². The lowest BCUT2D eigenvalue weighted by Gasteiger charge is -2.35. The minimum Gasteiger partial charge on any atom is -0.459 e. The van der Waals surface area contributed by atoms with E-state index in [-0.39, 0.29) is 11.8 Å². The van der Waals surface area contributed by atoms with Crippen molar-refractivity contribution in [3.05, 3.63) is 54.0 Å². The first kappa shape index (κ1) is 15.7. The summed E-state index contributed by atoms with van der Waals surface area (Å²) in [5.74, 6) is 0.376. The zero-order valence-electron chi connectivity index (χ0n) is 14.1. The van der Waals surface area contributed by atoms with Gasteiger partial charge in [0.15, 0.2) is 5.76 Å². The van der Waals surface area contributed by atoms with Crippen LogP contribution >= 0.6 is 0 Å². The Labute approximate surface area is 146 Å². The highest BCUT2D eigenvalue weighted by atomic mass is 16.3. The molecule has 0 N–H and O–H groups in total. The van der Waals surface area contributed by atoms with Crippen molar-refractivity contribution in [1.29, 1.82) is 0 Å². The number of hydrogen-bond donors (Lipinski definition) is 0. The Balaban J connectivity index is 1.32. The van der Waals surface area contributed by atoms with Gasteiger partial charge in [0, 0.05) is 38.4 Å². The Hall–Kier alpha value is -2.76. The number of anilines is 1. The molecular formula is C19H21N3O3. The maximum atomic E-state index is 12.6. The molecule has 0 spiro atoms. The maximum absolute atomic E-state index is 12.6. The Morgan fingerprint density at radius 1 is 0.920 bits per heavy atom. The van der Waals surface area contributed by atoms with Crippen molar-refractivity contribution in [2.24, 2.45) is 0 Å². The number of hydrogen-bond acceptors (Lipinski definition) is 4. The number of carbonyl (C=O) groups excluding carboxylic acids is 2. The van der Waals surface area contributed by atoms with E-state index in [1.54, 1.807) is 17.0 Å². The van der Waals surface area contributed by atoms with Gasteiger partial charge in [-0.3, -0.25) is 9.59 Å². The van der Waals surface area contributed by atoms with Crippen LogP contribution in [0.25, 0.3) is 0 Å². The van der Waals surface area contributed by atoms with E-state index < -0.39 is 0 Å². The van der Waals surface area contributed by atoms with Gasteiger partial charge in [-0.2, -0.15) is 0 Å². The molecule has 0 unspecified atom stereocenters. The molecule has 2 aromatic rings. The summed E-state index contributed by atoms with van der Waals surface area (Å²) in [6, 6.07) is 11.6. The molecule has 3 heterocycles. The summed E-state index contributed by atoms with van der Waals surface area (Å²) in [6.07, 6.45) is 2.50. The smallest absolute Gasteiger partial charge is 0.289 e. The predicted octanol–water partition coefficient (Wildman–Crippen LogP) is 1.63. The third kappa shape index (κ3) is 3.12. The first-order valence-corrected chi connectivity index (χ1v) is 8.66.